The van der Waals surface area contributed by atoms with Crippen molar-refractivity contribution in [2.45, 2.75) is 31.8 Å². The molecule has 8 heteroatoms. The van der Waals surface area contributed by atoms with Crippen LogP contribution >= 0.6 is 0 Å². The predicted molar refractivity (Wildman–Crippen MR) is 90.2 cm³/mol. The van der Waals surface area contributed by atoms with E-state index in [-0.39, 0.29) is 6.10 Å². The van der Waals surface area contributed by atoms with E-state index in [2.05, 4.69) is 36.9 Å². The van der Waals surface area contributed by atoms with E-state index in [1.807, 2.05) is 6.07 Å². The van der Waals surface area contributed by atoms with Gasteiger partial charge < -0.3 is 14.5 Å². The van der Waals surface area contributed by atoms with Gasteiger partial charge in [0.1, 0.15) is 5.82 Å². The van der Waals surface area contributed by atoms with Crippen LogP contribution in [0.3, 0.4) is 0 Å². The van der Waals surface area contributed by atoms with Gasteiger partial charge in [-0.1, -0.05) is 0 Å². The number of aromatic amines is 1. The lowest BCUT2D eigenvalue weighted by Gasteiger charge is -2.31. The number of hydrogen-bond acceptors (Lipinski definition) is 7. The summed E-state index contributed by atoms with van der Waals surface area (Å²) in [5, 5.41) is 7.57. The minimum absolute atomic E-state index is 0.231. The second-order valence-corrected chi connectivity index (χ2v) is 6.46. The van der Waals surface area contributed by atoms with Crippen LogP contribution in [0.15, 0.2) is 18.5 Å². The molecule has 0 saturated carbocycles. The maximum Gasteiger partial charge on any atom is 0.244 e. The van der Waals surface area contributed by atoms with Crippen molar-refractivity contribution in [3.05, 3.63) is 24.3 Å². The number of anilines is 2. The molecule has 2 saturated heterocycles. The Morgan fingerprint density at radius 3 is 2.62 bits per heavy atom. The van der Waals surface area contributed by atoms with Gasteiger partial charge in [0.25, 0.3) is 0 Å². The van der Waals surface area contributed by atoms with E-state index in [0.717, 1.165) is 63.3 Å². The number of piperidine rings is 1. The molecule has 2 aliphatic rings. The quantitative estimate of drug-likeness (QED) is 0.906. The third kappa shape index (κ3) is 3.19. The molecule has 4 rings (SSSR count). The van der Waals surface area contributed by atoms with Crippen LogP contribution in [0.4, 0.5) is 11.9 Å². The smallest absolute Gasteiger partial charge is 0.244 e. The number of nitrogens with zero attached hydrogens (tertiary/aromatic N) is 6. The van der Waals surface area contributed by atoms with E-state index in [1.165, 1.54) is 0 Å². The molecule has 0 aromatic carbocycles. The SMILES string of the molecule is CC1CN(c2n[nH]c(C3CCN(c4ncccn4)CC3)n2)CCO1. The summed E-state index contributed by atoms with van der Waals surface area (Å²) in [5.74, 6) is 3.04. The fourth-order valence-electron chi connectivity index (χ4n) is 3.40. The molecule has 1 atom stereocenters. The van der Waals surface area contributed by atoms with Gasteiger partial charge in [0.2, 0.25) is 11.9 Å². The number of morpholine rings is 1. The first-order valence-corrected chi connectivity index (χ1v) is 8.60. The van der Waals surface area contributed by atoms with Gasteiger partial charge in [0.05, 0.1) is 12.7 Å². The number of aromatic nitrogens is 5. The zero-order chi connectivity index (χ0) is 16.4. The van der Waals surface area contributed by atoms with Crippen molar-refractivity contribution in [1.82, 2.24) is 25.1 Å². The maximum atomic E-state index is 5.58. The fourth-order valence-corrected chi connectivity index (χ4v) is 3.40. The minimum Gasteiger partial charge on any atom is -0.375 e. The number of H-pyrrole nitrogens is 1. The van der Waals surface area contributed by atoms with Crippen molar-refractivity contribution in [3.63, 3.8) is 0 Å². The van der Waals surface area contributed by atoms with Gasteiger partial charge >= 0.3 is 0 Å². The summed E-state index contributed by atoms with van der Waals surface area (Å²) in [6, 6.07) is 1.85. The average molecular weight is 329 g/mol. The Morgan fingerprint density at radius 2 is 1.88 bits per heavy atom. The summed E-state index contributed by atoms with van der Waals surface area (Å²) < 4.78 is 5.58. The first-order valence-electron chi connectivity index (χ1n) is 8.60. The first-order chi connectivity index (χ1) is 11.8. The monoisotopic (exact) mass is 329 g/mol. The lowest BCUT2D eigenvalue weighted by molar-refractivity contribution is 0.0526. The molecule has 0 spiro atoms. The second-order valence-electron chi connectivity index (χ2n) is 6.46. The molecule has 4 heterocycles. The number of rotatable bonds is 3. The van der Waals surface area contributed by atoms with E-state index in [4.69, 9.17) is 9.72 Å². The zero-order valence-corrected chi connectivity index (χ0v) is 13.9. The molecule has 24 heavy (non-hydrogen) atoms. The molecule has 0 aliphatic carbocycles. The van der Waals surface area contributed by atoms with Crippen molar-refractivity contribution in [3.8, 4) is 0 Å². The largest absolute Gasteiger partial charge is 0.375 e. The lowest BCUT2D eigenvalue weighted by Crippen LogP contribution is -2.41. The van der Waals surface area contributed by atoms with Crippen molar-refractivity contribution >= 4 is 11.9 Å². The Morgan fingerprint density at radius 1 is 1.08 bits per heavy atom. The van der Waals surface area contributed by atoms with Crippen LogP contribution in [0.5, 0.6) is 0 Å². The summed E-state index contributed by atoms with van der Waals surface area (Å²) in [6.45, 7) is 6.41. The Bertz CT molecular complexity index is 653. The van der Waals surface area contributed by atoms with Crippen LogP contribution in [-0.2, 0) is 4.74 Å². The van der Waals surface area contributed by atoms with Crippen LogP contribution in [0.2, 0.25) is 0 Å². The van der Waals surface area contributed by atoms with Crippen molar-refractivity contribution in [2.24, 2.45) is 0 Å². The van der Waals surface area contributed by atoms with Crippen LogP contribution in [0.1, 0.15) is 31.5 Å². The Labute approximate surface area is 141 Å². The third-order valence-corrected chi connectivity index (χ3v) is 4.73. The summed E-state index contributed by atoms with van der Waals surface area (Å²) in [6.07, 6.45) is 5.88. The van der Waals surface area contributed by atoms with Gasteiger partial charge in [-0.25, -0.2) is 9.97 Å². The molecule has 2 aliphatic heterocycles. The van der Waals surface area contributed by atoms with Crippen molar-refractivity contribution in [1.29, 1.82) is 0 Å². The molecule has 0 amide bonds. The molecule has 0 radical (unpaired) electrons. The highest BCUT2D eigenvalue weighted by molar-refractivity contribution is 5.32. The van der Waals surface area contributed by atoms with Crippen LogP contribution < -0.4 is 9.80 Å². The number of nitrogens with one attached hydrogen (secondary N) is 1. The third-order valence-electron chi connectivity index (χ3n) is 4.73. The van der Waals surface area contributed by atoms with Gasteiger partial charge in [0.15, 0.2) is 0 Å². The van der Waals surface area contributed by atoms with E-state index >= 15 is 0 Å². The van der Waals surface area contributed by atoms with E-state index in [9.17, 15) is 0 Å². The van der Waals surface area contributed by atoms with Gasteiger partial charge in [-0.05, 0) is 25.8 Å². The second kappa shape index (κ2) is 6.72. The zero-order valence-electron chi connectivity index (χ0n) is 13.9. The van der Waals surface area contributed by atoms with Crippen molar-refractivity contribution < 1.29 is 4.74 Å². The molecule has 1 unspecified atom stereocenters. The predicted octanol–water partition coefficient (Wildman–Crippen LogP) is 1.20. The normalized spacial score (nSPS) is 22.8. The van der Waals surface area contributed by atoms with Crippen molar-refractivity contribution in [2.75, 3.05) is 42.6 Å². The molecule has 1 N–H and O–H groups in total. The van der Waals surface area contributed by atoms with E-state index < -0.39 is 0 Å². The van der Waals surface area contributed by atoms with Crippen LogP contribution in [0.25, 0.3) is 0 Å². The Hall–Kier alpha value is -2.22. The molecule has 0 bridgehead atoms. The summed E-state index contributed by atoms with van der Waals surface area (Å²) in [4.78, 5) is 17.8. The van der Waals surface area contributed by atoms with E-state index in [1.54, 1.807) is 12.4 Å². The highest BCUT2D eigenvalue weighted by Gasteiger charge is 2.26. The molecule has 2 aromatic heterocycles. The van der Waals surface area contributed by atoms with Crippen LogP contribution in [0, 0.1) is 0 Å². The topological polar surface area (TPSA) is 83.1 Å². The molecule has 128 valence electrons. The number of ether oxygens (including phenoxy) is 1. The van der Waals surface area contributed by atoms with Gasteiger partial charge in [-0.15, -0.1) is 5.10 Å². The van der Waals surface area contributed by atoms with E-state index in [0.29, 0.717) is 5.92 Å². The van der Waals surface area contributed by atoms with Gasteiger partial charge in [0, 0.05) is 44.5 Å². The standard InChI is InChI=1S/C16H23N7O/c1-12-11-23(9-10-24-12)16-19-14(20-21-16)13-3-7-22(8-4-13)15-17-5-2-6-18-15/h2,5-6,12-13H,3-4,7-11H2,1H3,(H,19,20,21). The molecule has 2 aromatic rings. The van der Waals surface area contributed by atoms with Gasteiger partial charge in [-0.2, -0.15) is 4.98 Å². The highest BCUT2D eigenvalue weighted by Crippen LogP contribution is 2.28. The minimum atomic E-state index is 0.231. The van der Waals surface area contributed by atoms with Gasteiger partial charge in [-0.3, -0.25) is 5.10 Å². The summed E-state index contributed by atoms with van der Waals surface area (Å²) in [7, 11) is 0. The molecule has 8 nitrogen and oxygen atoms in total. The molecular formula is C16H23N7O. The molecular weight excluding hydrogens is 306 g/mol. The summed E-state index contributed by atoms with van der Waals surface area (Å²) in [5.41, 5.74) is 0. The maximum absolute atomic E-state index is 5.58. The Kier molecular flexibility index (Phi) is 4.29. The fraction of sp³-hybridized carbons (Fsp3) is 0.625. The number of hydrogen-bond donors (Lipinski definition) is 1. The Balaban J connectivity index is 1.38. The lowest BCUT2D eigenvalue weighted by atomic mass is 9.96. The molecule has 2 fully saturated rings. The average Bonchev–Trinajstić information content (AvgIpc) is 3.13. The first kappa shape index (κ1) is 15.3. The highest BCUT2D eigenvalue weighted by atomic mass is 16.5. The summed E-state index contributed by atoms with van der Waals surface area (Å²) >= 11 is 0. The van der Waals surface area contributed by atoms with Crippen LogP contribution in [-0.4, -0.2) is 64.0 Å².